The van der Waals surface area contributed by atoms with Gasteiger partial charge in [0.05, 0.1) is 13.2 Å². The fourth-order valence-corrected chi connectivity index (χ4v) is 3.13. The van der Waals surface area contributed by atoms with E-state index in [-0.39, 0.29) is 13.2 Å². The lowest BCUT2D eigenvalue weighted by Gasteiger charge is -2.45. The average molecular weight is 507 g/mol. The lowest BCUT2D eigenvalue weighted by molar-refractivity contribution is -0.282. The van der Waals surface area contributed by atoms with E-state index in [0.29, 0.717) is 13.2 Å². The molecule has 2 N–H and O–H groups in total. The van der Waals surface area contributed by atoms with E-state index in [9.17, 15) is 9.90 Å². The standard InChI is InChI=1S/C20H34Cl3NO7/c1-4-7-10-27-16-14(12-25)31-18(29-9-6-3)15(17(16)28-11-8-5-2)24-19(26)30-13-20(21,22)23/h6,14-18,25H,3-5,7-13H2,1-2H3,(H,24,26). The van der Waals surface area contributed by atoms with Gasteiger partial charge in [-0.2, -0.15) is 0 Å². The van der Waals surface area contributed by atoms with Crippen LogP contribution in [0.4, 0.5) is 4.79 Å². The molecule has 1 fully saturated rings. The Morgan fingerprint density at radius 2 is 1.74 bits per heavy atom. The number of alkyl carbamates (subject to hydrolysis) is 1. The largest absolute Gasteiger partial charge is 0.445 e. The fourth-order valence-electron chi connectivity index (χ4n) is 2.96. The number of hydrogen-bond donors (Lipinski definition) is 2. The Hall–Kier alpha value is -0.320. The van der Waals surface area contributed by atoms with Crippen molar-refractivity contribution in [2.24, 2.45) is 0 Å². The van der Waals surface area contributed by atoms with Crippen molar-refractivity contribution < 1.29 is 33.6 Å². The van der Waals surface area contributed by atoms with Gasteiger partial charge in [0, 0.05) is 13.2 Å². The summed E-state index contributed by atoms with van der Waals surface area (Å²) in [4.78, 5) is 12.4. The summed E-state index contributed by atoms with van der Waals surface area (Å²) in [6.07, 6.45) is 1.30. The SMILES string of the molecule is C=CCOC1OC(CO)C(OCCCC)C(OCCCC)C1NC(=O)OCC(Cl)(Cl)Cl. The minimum absolute atomic E-state index is 0.160. The van der Waals surface area contributed by atoms with Gasteiger partial charge in [0.25, 0.3) is 0 Å². The highest BCUT2D eigenvalue weighted by atomic mass is 35.6. The van der Waals surface area contributed by atoms with Crippen LogP contribution in [0.1, 0.15) is 39.5 Å². The first-order valence-corrected chi connectivity index (χ1v) is 11.6. The normalized spacial score (nSPS) is 26.5. The molecule has 0 radical (unpaired) electrons. The lowest BCUT2D eigenvalue weighted by atomic mass is 9.96. The topological polar surface area (TPSA) is 95.5 Å². The quantitative estimate of drug-likeness (QED) is 0.210. The fraction of sp³-hybridized carbons (Fsp3) is 0.850. The number of alkyl halides is 3. The smallest absolute Gasteiger partial charge is 0.407 e. The molecule has 0 aliphatic carbocycles. The molecule has 5 unspecified atom stereocenters. The van der Waals surface area contributed by atoms with Gasteiger partial charge in [-0.3, -0.25) is 0 Å². The molecular formula is C20H34Cl3NO7. The van der Waals surface area contributed by atoms with Crippen LogP contribution < -0.4 is 5.32 Å². The van der Waals surface area contributed by atoms with Crippen molar-refractivity contribution in [1.29, 1.82) is 0 Å². The Kier molecular flexibility index (Phi) is 14.4. The summed E-state index contributed by atoms with van der Waals surface area (Å²) in [6.45, 7) is 8.02. The van der Waals surface area contributed by atoms with E-state index in [1.165, 1.54) is 0 Å². The van der Waals surface area contributed by atoms with Gasteiger partial charge in [-0.05, 0) is 12.8 Å². The van der Waals surface area contributed by atoms with Gasteiger partial charge in [0.1, 0.15) is 31.0 Å². The molecule has 8 nitrogen and oxygen atoms in total. The number of hydrogen-bond acceptors (Lipinski definition) is 7. The van der Waals surface area contributed by atoms with Crippen LogP contribution in [0.15, 0.2) is 12.7 Å². The Bertz CT molecular complexity index is 521. The first kappa shape index (κ1) is 28.7. The molecule has 1 aliphatic heterocycles. The maximum atomic E-state index is 12.4. The van der Waals surface area contributed by atoms with Crippen LogP contribution in [-0.4, -0.2) is 78.7 Å². The second kappa shape index (κ2) is 15.5. The van der Waals surface area contributed by atoms with Crippen LogP contribution in [0, 0.1) is 0 Å². The van der Waals surface area contributed by atoms with E-state index >= 15 is 0 Å². The van der Waals surface area contributed by atoms with Crippen LogP contribution in [0.5, 0.6) is 0 Å². The Morgan fingerprint density at radius 1 is 1.13 bits per heavy atom. The maximum Gasteiger partial charge on any atom is 0.407 e. The molecule has 0 aromatic heterocycles. The van der Waals surface area contributed by atoms with Crippen molar-refractivity contribution >= 4 is 40.9 Å². The first-order chi connectivity index (χ1) is 14.8. The minimum Gasteiger partial charge on any atom is -0.445 e. The predicted octanol–water partition coefficient (Wildman–Crippen LogP) is 3.74. The van der Waals surface area contributed by atoms with Crippen molar-refractivity contribution in [2.75, 3.05) is 33.0 Å². The second-order valence-corrected chi connectivity index (χ2v) is 9.60. The van der Waals surface area contributed by atoms with Crippen molar-refractivity contribution in [3.05, 3.63) is 12.7 Å². The molecule has 1 heterocycles. The molecule has 182 valence electrons. The third kappa shape index (κ3) is 10.9. The van der Waals surface area contributed by atoms with Crippen LogP contribution in [0.3, 0.4) is 0 Å². The summed E-state index contributed by atoms with van der Waals surface area (Å²) in [6, 6.07) is -0.797. The Balaban J connectivity index is 3.07. The van der Waals surface area contributed by atoms with Crippen LogP contribution in [0.2, 0.25) is 0 Å². The molecule has 0 aromatic carbocycles. The Morgan fingerprint density at radius 3 is 2.26 bits per heavy atom. The zero-order valence-corrected chi connectivity index (χ0v) is 20.3. The molecule has 1 saturated heterocycles. The van der Waals surface area contributed by atoms with Crippen LogP contribution in [-0.2, 0) is 23.7 Å². The van der Waals surface area contributed by atoms with Gasteiger partial charge in [-0.25, -0.2) is 4.79 Å². The van der Waals surface area contributed by atoms with E-state index in [1.54, 1.807) is 6.08 Å². The summed E-state index contributed by atoms with van der Waals surface area (Å²) in [5.74, 6) is 0. The van der Waals surface area contributed by atoms with Crippen LogP contribution in [0.25, 0.3) is 0 Å². The number of amides is 1. The predicted molar refractivity (Wildman–Crippen MR) is 120 cm³/mol. The van der Waals surface area contributed by atoms with E-state index < -0.39 is 47.1 Å². The molecule has 0 aromatic rings. The molecule has 1 amide bonds. The zero-order valence-electron chi connectivity index (χ0n) is 18.1. The van der Waals surface area contributed by atoms with E-state index in [4.69, 9.17) is 58.5 Å². The maximum absolute atomic E-state index is 12.4. The molecule has 0 saturated carbocycles. The van der Waals surface area contributed by atoms with E-state index in [0.717, 1.165) is 25.7 Å². The third-order valence-corrected chi connectivity index (χ3v) is 4.80. The minimum atomic E-state index is -1.75. The molecule has 1 rings (SSSR count). The summed E-state index contributed by atoms with van der Waals surface area (Å²) < 4.78 is 27.0. The zero-order chi connectivity index (χ0) is 23.3. The summed E-state index contributed by atoms with van der Waals surface area (Å²) >= 11 is 17.0. The van der Waals surface area contributed by atoms with Crippen LogP contribution >= 0.6 is 34.8 Å². The summed E-state index contributed by atoms with van der Waals surface area (Å²) in [7, 11) is 0. The molecule has 0 bridgehead atoms. The molecule has 0 spiro atoms. The van der Waals surface area contributed by atoms with Crippen molar-refractivity contribution in [3.63, 3.8) is 0 Å². The third-order valence-electron chi connectivity index (χ3n) is 4.47. The number of rotatable bonds is 14. The van der Waals surface area contributed by atoms with Gasteiger partial charge < -0.3 is 34.1 Å². The number of carbonyl (C=O) groups excluding carboxylic acids is 1. The number of carbonyl (C=O) groups is 1. The number of unbranched alkanes of at least 4 members (excludes halogenated alkanes) is 2. The number of aliphatic hydroxyl groups excluding tert-OH is 1. The molecule has 11 heteroatoms. The van der Waals surface area contributed by atoms with E-state index in [2.05, 4.69) is 11.9 Å². The summed E-state index contributed by atoms with van der Waals surface area (Å²) in [5.41, 5.74) is 0. The molecule has 1 aliphatic rings. The van der Waals surface area contributed by atoms with Gasteiger partial charge in [-0.1, -0.05) is 67.6 Å². The van der Waals surface area contributed by atoms with E-state index in [1.807, 2.05) is 13.8 Å². The first-order valence-electron chi connectivity index (χ1n) is 10.5. The monoisotopic (exact) mass is 505 g/mol. The highest BCUT2D eigenvalue weighted by Gasteiger charge is 2.48. The second-order valence-electron chi connectivity index (χ2n) is 7.09. The average Bonchev–Trinajstić information content (AvgIpc) is 2.72. The molecule has 31 heavy (non-hydrogen) atoms. The number of nitrogens with one attached hydrogen (secondary N) is 1. The summed E-state index contributed by atoms with van der Waals surface area (Å²) in [5, 5.41) is 12.6. The number of ether oxygens (including phenoxy) is 5. The van der Waals surface area contributed by atoms with Gasteiger partial charge in [-0.15, -0.1) is 6.58 Å². The van der Waals surface area contributed by atoms with Crippen molar-refractivity contribution in [2.45, 2.75) is 74.0 Å². The highest BCUT2D eigenvalue weighted by molar-refractivity contribution is 6.67. The molecule has 5 atom stereocenters. The van der Waals surface area contributed by atoms with Gasteiger partial charge in [0.2, 0.25) is 3.79 Å². The Labute approximate surface area is 199 Å². The van der Waals surface area contributed by atoms with Gasteiger partial charge >= 0.3 is 6.09 Å². The van der Waals surface area contributed by atoms with Gasteiger partial charge in [0.15, 0.2) is 6.29 Å². The number of aliphatic hydroxyl groups is 1. The van der Waals surface area contributed by atoms with Crippen molar-refractivity contribution in [1.82, 2.24) is 5.32 Å². The number of halogens is 3. The van der Waals surface area contributed by atoms with Crippen molar-refractivity contribution in [3.8, 4) is 0 Å². The lowest BCUT2D eigenvalue weighted by Crippen LogP contribution is -2.66. The highest BCUT2D eigenvalue weighted by Crippen LogP contribution is 2.28. The molecular weight excluding hydrogens is 473 g/mol.